The molecule has 1 aliphatic heterocycles. The van der Waals surface area contributed by atoms with Crippen molar-refractivity contribution >= 4 is 5.91 Å². The molecule has 5 heteroatoms. The second kappa shape index (κ2) is 8.51. The van der Waals surface area contributed by atoms with Crippen molar-refractivity contribution in [3.8, 4) is 11.5 Å². The van der Waals surface area contributed by atoms with Crippen LogP contribution in [0.4, 0.5) is 0 Å². The molecule has 3 fully saturated rings. The molecule has 3 atom stereocenters. The molecule has 2 N–H and O–H groups in total. The Morgan fingerprint density at radius 2 is 1.89 bits per heavy atom. The van der Waals surface area contributed by atoms with Crippen molar-refractivity contribution in [2.24, 2.45) is 5.92 Å². The molecule has 2 aliphatic carbocycles. The summed E-state index contributed by atoms with van der Waals surface area (Å²) < 4.78 is 11.6. The molecule has 2 saturated carbocycles. The van der Waals surface area contributed by atoms with Crippen LogP contribution in [0.3, 0.4) is 0 Å². The molecule has 1 aromatic rings. The average Bonchev–Trinajstić information content (AvgIpc) is 3.35. The van der Waals surface area contributed by atoms with Crippen LogP contribution in [0, 0.1) is 5.92 Å². The number of fused-ring (bicyclic) bond motifs is 1. The van der Waals surface area contributed by atoms with Crippen molar-refractivity contribution in [2.75, 3.05) is 7.11 Å². The monoisotopic (exact) mass is 372 g/mol. The Balaban J connectivity index is 1.34. The third-order valence-electron chi connectivity index (χ3n) is 6.47. The maximum atomic E-state index is 12.6. The third kappa shape index (κ3) is 4.40. The summed E-state index contributed by atoms with van der Waals surface area (Å²) in [5.74, 6) is 2.36. The van der Waals surface area contributed by atoms with Gasteiger partial charge in [-0.25, -0.2) is 0 Å². The van der Waals surface area contributed by atoms with E-state index in [0.717, 1.165) is 36.3 Å². The summed E-state index contributed by atoms with van der Waals surface area (Å²) in [5.41, 5.74) is 1.05. The van der Waals surface area contributed by atoms with Crippen LogP contribution in [0.1, 0.15) is 63.4 Å². The van der Waals surface area contributed by atoms with Gasteiger partial charge in [0.15, 0.2) is 11.5 Å². The normalized spacial score (nSPS) is 28.0. The number of nitrogens with one attached hydrogen (secondary N) is 2. The fourth-order valence-corrected chi connectivity index (χ4v) is 4.94. The van der Waals surface area contributed by atoms with Gasteiger partial charge in [-0.1, -0.05) is 18.9 Å². The van der Waals surface area contributed by atoms with Crippen LogP contribution < -0.4 is 20.1 Å². The van der Waals surface area contributed by atoms with Crippen molar-refractivity contribution in [1.82, 2.24) is 10.6 Å². The summed E-state index contributed by atoms with van der Waals surface area (Å²) in [5, 5.41) is 6.66. The molecule has 3 aliphatic rings. The van der Waals surface area contributed by atoms with E-state index in [1.54, 1.807) is 7.11 Å². The van der Waals surface area contributed by atoms with E-state index in [-0.39, 0.29) is 18.1 Å². The molecular formula is C22H32N2O3. The fraction of sp³-hybridized carbons (Fsp3) is 0.682. The maximum absolute atomic E-state index is 12.6. The van der Waals surface area contributed by atoms with Gasteiger partial charge in [0.2, 0.25) is 5.91 Å². The lowest BCUT2D eigenvalue weighted by atomic mass is 9.85. The first-order valence-corrected chi connectivity index (χ1v) is 10.6. The molecular weight excluding hydrogens is 340 g/mol. The van der Waals surface area contributed by atoms with Gasteiger partial charge in [-0.15, -0.1) is 0 Å². The molecule has 4 rings (SSSR count). The Labute approximate surface area is 162 Å². The number of amides is 1. The summed E-state index contributed by atoms with van der Waals surface area (Å²) in [4.78, 5) is 12.6. The highest BCUT2D eigenvalue weighted by Crippen LogP contribution is 2.34. The molecule has 0 aromatic heterocycles. The summed E-state index contributed by atoms with van der Waals surface area (Å²) in [7, 11) is 1.67. The highest BCUT2D eigenvalue weighted by Gasteiger charge is 2.38. The van der Waals surface area contributed by atoms with Crippen molar-refractivity contribution in [3.05, 3.63) is 23.8 Å². The Bertz CT molecular complexity index is 643. The standard InChI is InChI=1S/C22H32N2O3/c1-26-20-11-10-15(12-21(20)27-17-7-3-4-8-17)14-23-22(25)19-13-16-6-2-5-9-18(16)24-19/h10-12,16-19,24H,2-9,13-14H2,1H3,(H,23,25). The minimum Gasteiger partial charge on any atom is -0.493 e. The molecule has 1 aromatic carbocycles. The lowest BCUT2D eigenvalue weighted by Crippen LogP contribution is -2.42. The van der Waals surface area contributed by atoms with Gasteiger partial charge < -0.3 is 20.1 Å². The molecule has 1 saturated heterocycles. The molecule has 5 nitrogen and oxygen atoms in total. The van der Waals surface area contributed by atoms with Gasteiger partial charge in [0.1, 0.15) is 0 Å². The number of carbonyl (C=O) groups is 1. The first kappa shape index (κ1) is 18.6. The van der Waals surface area contributed by atoms with E-state index in [4.69, 9.17) is 9.47 Å². The van der Waals surface area contributed by atoms with E-state index in [1.165, 1.54) is 38.5 Å². The van der Waals surface area contributed by atoms with Crippen LogP contribution in [0.25, 0.3) is 0 Å². The summed E-state index contributed by atoms with van der Waals surface area (Å²) in [6, 6.07) is 6.46. The van der Waals surface area contributed by atoms with Crippen LogP contribution in [0.15, 0.2) is 18.2 Å². The minimum atomic E-state index is -0.0365. The van der Waals surface area contributed by atoms with Crippen LogP contribution in [-0.2, 0) is 11.3 Å². The molecule has 27 heavy (non-hydrogen) atoms. The zero-order valence-electron chi connectivity index (χ0n) is 16.3. The summed E-state index contributed by atoms with van der Waals surface area (Å²) >= 11 is 0. The van der Waals surface area contributed by atoms with Crippen molar-refractivity contribution in [3.63, 3.8) is 0 Å². The Morgan fingerprint density at radius 3 is 2.67 bits per heavy atom. The van der Waals surface area contributed by atoms with E-state index in [9.17, 15) is 4.79 Å². The first-order valence-electron chi connectivity index (χ1n) is 10.6. The van der Waals surface area contributed by atoms with Gasteiger partial charge >= 0.3 is 0 Å². The first-order chi connectivity index (χ1) is 13.2. The van der Waals surface area contributed by atoms with E-state index in [1.807, 2.05) is 18.2 Å². The van der Waals surface area contributed by atoms with Gasteiger partial charge in [-0.3, -0.25) is 4.79 Å². The quantitative estimate of drug-likeness (QED) is 0.802. The summed E-state index contributed by atoms with van der Waals surface area (Å²) in [6.07, 6.45) is 11.0. The number of rotatable bonds is 6. The van der Waals surface area contributed by atoms with Gasteiger partial charge in [0, 0.05) is 12.6 Å². The maximum Gasteiger partial charge on any atom is 0.237 e. The zero-order valence-corrected chi connectivity index (χ0v) is 16.3. The molecule has 0 spiro atoms. The predicted octanol–water partition coefficient (Wildman–Crippen LogP) is 3.55. The van der Waals surface area contributed by atoms with E-state index < -0.39 is 0 Å². The Hall–Kier alpha value is -1.75. The largest absolute Gasteiger partial charge is 0.493 e. The summed E-state index contributed by atoms with van der Waals surface area (Å²) in [6.45, 7) is 0.525. The number of hydrogen-bond donors (Lipinski definition) is 2. The number of hydrogen-bond acceptors (Lipinski definition) is 4. The molecule has 1 amide bonds. The molecule has 3 unspecified atom stereocenters. The van der Waals surface area contributed by atoms with Crippen molar-refractivity contribution < 1.29 is 14.3 Å². The number of methoxy groups -OCH3 is 1. The molecule has 0 bridgehead atoms. The Kier molecular flexibility index (Phi) is 5.86. The van der Waals surface area contributed by atoms with Crippen LogP contribution >= 0.6 is 0 Å². The number of benzene rings is 1. The lowest BCUT2D eigenvalue weighted by molar-refractivity contribution is -0.123. The highest BCUT2D eigenvalue weighted by atomic mass is 16.5. The van der Waals surface area contributed by atoms with E-state index in [2.05, 4.69) is 10.6 Å². The van der Waals surface area contributed by atoms with Crippen molar-refractivity contribution in [2.45, 2.75) is 82.5 Å². The SMILES string of the molecule is COc1ccc(CNC(=O)C2CC3CCCCC3N2)cc1OC1CCCC1. The second-order valence-electron chi connectivity index (χ2n) is 8.33. The fourth-order valence-electron chi connectivity index (χ4n) is 4.94. The van der Waals surface area contributed by atoms with Gasteiger partial charge in [-0.05, 0) is 68.6 Å². The van der Waals surface area contributed by atoms with Gasteiger partial charge in [-0.2, -0.15) is 0 Å². The molecule has 148 valence electrons. The molecule has 0 radical (unpaired) electrons. The Morgan fingerprint density at radius 1 is 1.11 bits per heavy atom. The van der Waals surface area contributed by atoms with Crippen LogP contribution in [-0.4, -0.2) is 31.2 Å². The second-order valence-corrected chi connectivity index (χ2v) is 8.33. The predicted molar refractivity (Wildman–Crippen MR) is 105 cm³/mol. The highest BCUT2D eigenvalue weighted by molar-refractivity contribution is 5.82. The molecule has 1 heterocycles. The zero-order chi connectivity index (χ0) is 18.6. The lowest BCUT2D eigenvalue weighted by Gasteiger charge is -2.24. The van der Waals surface area contributed by atoms with Crippen LogP contribution in [0.5, 0.6) is 11.5 Å². The smallest absolute Gasteiger partial charge is 0.237 e. The van der Waals surface area contributed by atoms with E-state index in [0.29, 0.717) is 18.5 Å². The van der Waals surface area contributed by atoms with Crippen LogP contribution in [0.2, 0.25) is 0 Å². The van der Waals surface area contributed by atoms with E-state index >= 15 is 0 Å². The number of carbonyl (C=O) groups excluding carboxylic acids is 1. The van der Waals surface area contributed by atoms with Crippen molar-refractivity contribution in [1.29, 1.82) is 0 Å². The topological polar surface area (TPSA) is 59.6 Å². The van der Waals surface area contributed by atoms with Gasteiger partial charge in [0.25, 0.3) is 0 Å². The third-order valence-corrected chi connectivity index (χ3v) is 6.47. The average molecular weight is 373 g/mol. The minimum absolute atomic E-state index is 0.0365. The number of ether oxygens (including phenoxy) is 2. The van der Waals surface area contributed by atoms with Gasteiger partial charge in [0.05, 0.1) is 19.3 Å².